The van der Waals surface area contributed by atoms with E-state index in [-0.39, 0.29) is 21.3 Å². The molecule has 0 unspecified atom stereocenters. The first kappa shape index (κ1) is 12.1. The Labute approximate surface area is 98.7 Å². The van der Waals surface area contributed by atoms with Gasteiger partial charge in [-0.2, -0.15) is 5.26 Å². The maximum atomic E-state index is 11.3. The lowest BCUT2D eigenvalue weighted by molar-refractivity contribution is -0.385. The number of rotatable bonds is 2. The maximum Gasteiger partial charge on any atom is 0.339 e. The van der Waals surface area contributed by atoms with E-state index >= 15 is 0 Å². The van der Waals surface area contributed by atoms with Crippen LogP contribution in [-0.2, 0) is 4.74 Å². The van der Waals surface area contributed by atoms with Crippen molar-refractivity contribution in [1.29, 1.82) is 5.26 Å². The number of esters is 1. The molecule has 0 bridgehead atoms. The molecule has 0 aliphatic heterocycles. The molecule has 0 saturated carbocycles. The molecule has 0 radical (unpaired) electrons. The molecule has 0 heterocycles. The minimum Gasteiger partial charge on any atom is -0.465 e. The van der Waals surface area contributed by atoms with Crippen molar-refractivity contribution in [3.63, 3.8) is 0 Å². The average Bonchev–Trinajstić information content (AvgIpc) is 2.27. The van der Waals surface area contributed by atoms with Gasteiger partial charge in [-0.1, -0.05) is 0 Å². The zero-order valence-electron chi connectivity index (χ0n) is 8.06. The molecule has 0 aliphatic rings. The van der Waals surface area contributed by atoms with E-state index in [2.05, 4.69) is 20.7 Å². The van der Waals surface area contributed by atoms with Crippen LogP contribution in [0.4, 0.5) is 5.69 Å². The molecule has 1 aromatic carbocycles. The van der Waals surface area contributed by atoms with Crippen LogP contribution in [0.25, 0.3) is 0 Å². The van der Waals surface area contributed by atoms with Crippen LogP contribution in [0.1, 0.15) is 15.9 Å². The minimum atomic E-state index is -0.690. The summed E-state index contributed by atoms with van der Waals surface area (Å²) in [5.41, 5.74) is -0.472. The lowest BCUT2D eigenvalue weighted by Gasteiger charge is -2.03. The Hall–Kier alpha value is -1.94. The number of nitro groups is 1. The SMILES string of the molecule is COC(=O)c1cc(C#N)c([N+](=O)[O-])cc1Br. The standard InChI is InChI=1S/C9H5BrN2O4/c1-16-9(13)6-2-5(4-11)8(12(14)15)3-7(6)10/h2-3H,1H3. The van der Waals surface area contributed by atoms with Gasteiger partial charge >= 0.3 is 5.97 Å². The first-order chi connectivity index (χ1) is 7.51. The van der Waals surface area contributed by atoms with Gasteiger partial charge in [-0.15, -0.1) is 0 Å². The fourth-order valence-electron chi connectivity index (χ4n) is 1.07. The molecule has 6 nitrogen and oxygen atoms in total. The lowest BCUT2D eigenvalue weighted by Crippen LogP contribution is -2.04. The van der Waals surface area contributed by atoms with Crippen LogP contribution in [0.5, 0.6) is 0 Å². The third-order valence-corrected chi connectivity index (χ3v) is 2.46. The van der Waals surface area contributed by atoms with Crippen LogP contribution in [0, 0.1) is 21.4 Å². The number of carbonyl (C=O) groups excluding carboxylic acids is 1. The van der Waals surface area contributed by atoms with Crippen LogP contribution in [0.2, 0.25) is 0 Å². The molecule has 1 rings (SSSR count). The molecule has 0 atom stereocenters. The molecule has 7 heteroatoms. The zero-order chi connectivity index (χ0) is 12.3. The highest BCUT2D eigenvalue weighted by molar-refractivity contribution is 9.10. The predicted molar refractivity (Wildman–Crippen MR) is 56.9 cm³/mol. The predicted octanol–water partition coefficient (Wildman–Crippen LogP) is 2.02. The topological polar surface area (TPSA) is 93.2 Å². The lowest BCUT2D eigenvalue weighted by atomic mass is 10.1. The zero-order valence-corrected chi connectivity index (χ0v) is 9.65. The van der Waals surface area contributed by atoms with Gasteiger partial charge in [0, 0.05) is 10.5 Å². The van der Waals surface area contributed by atoms with E-state index in [0.29, 0.717) is 0 Å². The second kappa shape index (κ2) is 4.72. The van der Waals surface area contributed by atoms with E-state index in [9.17, 15) is 14.9 Å². The summed E-state index contributed by atoms with van der Waals surface area (Å²) in [6, 6.07) is 3.87. The van der Waals surface area contributed by atoms with Crippen LogP contribution in [0.3, 0.4) is 0 Å². The number of nitrogens with zero attached hydrogens (tertiary/aromatic N) is 2. The molecule has 0 aliphatic carbocycles. The van der Waals surface area contributed by atoms with E-state index < -0.39 is 10.9 Å². The Morgan fingerprint density at radius 1 is 1.62 bits per heavy atom. The number of nitriles is 1. The highest BCUT2D eigenvalue weighted by Gasteiger charge is 2.20. The van der Waals surface area contributed by atoms with Crippen molar-refractivity contribution in [3.05, 3.63) is 37.8 Å². The van der Waals surface area contributed by atoms with Crippen molar-refractivity contribution < 1.29 is 14.5 Å². The summed E-state index contributed by atoms with van der Waals surface area (Å²) >= 11 is 3.01. The first-order valence-corrected chi connectivity index (χ1v) is 4.77. The molecule has 0 saturated heterocycles. The molecule has 0 aromatic heterocycles. The molecule has 0 amide bonds. The van der Waals surface area contributed by atoms with Gasteiger partial charge in [0.25, 0.3) is 5.69 Å². The molecule has 0 fully saturated rings. The highest BCUT2D eigenvalue weighted by atomic mass is 79.9. The monoisotopic (exact) mass is 284 g/mol. The van der Waals surface area contributed by atoms with Crippen LogP contribution < -0.4 is 0 Å². The fraction of sp³-hybridized carbons (Fsp3) is 0.111. The van der Waals surface area contributed by atoms with Crippen molar-refractivity contribution in [2.24, 2.45) is 0 Å². The largest absolute Gasteiger partial charge is 0.465 e. The molecule has 16 heavy (non-hydrogen) atoms. The van der Waals surface area contributed by atoms with E-state index in [0.717, 1.165) is 12.1 Å². The number of hydrogen-bond acceptors (Lipinski definition) is 5. The normalized spacial score (nSPS) is 9.31. The van der Waals surface area contributed by atoms with E-state index in [1.54, 1.807) is 6.07 Å². The van der Waals surface area contributed by atoms with Crippen molar-refractivity contribution in [3.8, 4) is 6.07 Å². The summed E-state index contributed by atoms with van der Waals surface area (Å²) in [5, 5.41) is 19.3. The number of ether oxygens (including phenoxy) is 1. The second-order valence-electron chi connectivity index (χ2n) is 2.71. The van der Waals surface area contributed by atoms with Crippen molar-refractivity contribution in [2.75, 3.05) is 7.11 Å². The van der Waals surface area contributed by atoms with Crippen LogP contribution in [-0.4, -0.2) is 18.0 Å². The summed E-state index contributed by atoms with van der Waals surface area (Å²) < 4.78 is 4.68. The third kappa shape index (κ3) is 2.17. The number of benzene rings is 1. The number of methoxy groups -OCH3 is 1. The summed E-state index contributed by atoms with van der Waals surface area (Å²) in [6.45, 7) is 0. The van der Waals surface area contributed by atoms with Crippen LogP contribution in [0.15, 0.2) is 16.6 Å². The highest BCUT2D eigenvalue weighted by Crippen LogP contribution is 2.27. The van der Waals surface area contributed by atoms with Gasteiger partial charge in [-0.25, -0.2) is 4.79 Å². The molecular formula is C9H5BrN2O4. The second-order valence-corrected chi connectivity index (χ2v) is 3.56. The molecule has 0 spiro atoms. The van der Waals surface area contributed by atoms with E-state index in [1.807, 2.05) is 0 Å². The van der Waals surface area contributed by atoms with Gasteiger partial charge in [-0.3, -0.25) is 10.1 Å². The summed E-state index contributed by atoms with van der Waals surface area (Å²) in [5.74, 6) is -0.668. The maximum absolute atomic E-state index is 11.3. The summed E-state index contributed by atoms with van der Waals surface area (Å²) in [7, 11) is 1.18. The molecule has 82 valence electrons. The van der Waals surface area contributed by atoms with Crippen molar-refractivity contribution in [2.45, 2.75) is 0 Å². The Morgan fingerprint density at radius 3 is 2.69 bits per heavy atom. The van der Waals surface area contributed by atoms with Gasteiger partial charge in [0.05, 0.1) is 17.6 Å². The number of halogens is 1. The number of nitro benzene ring substituents is 1. The van der Waals surface area contributed by atoms with Gasteiger partial charge in [-0.05, 0) is 22.0 Å². The molecular weight excluding hydrogens is 280 g/mol. The smallest absolute Gasteiger partial charge is 0.339 e. The van der Waals surface area contributed by atoms with E-state index in [4.69, 9.17) is 5.26 Å². The number of hydrogen-bond donors (Lipinski definition) is 0. The fourth-order valence-corrected chi connectivity index (χ4v) is 1.56. The Bertz CT molecular complexity index is 507. The Balaban J connectivity index is 3.44. The van der Waals surface area contributed by atoms with Gasteiger partial charge < -0.3 is 4.74 Å². The van der Waals surface area contributed by atoms with Crippen LogP contribution >= 0.6 is 15.9 Å². The molecule has 1 aromatic rings. The number of carbonyl (C=O) groups is 1. The van der Waals surface area contributed by atoms with E-state index in [1.165, 1.54) is 7.11 Å². The summed E-state index contributed by atoms with van der Waals surface area (Å²) in [4.78, 5) is 21.2. The first-order valence-electron chi connectivity index (χ1n) is 3.97. The van der Waals surface area contributed by atoms with Crippen molar-refractivity contribution in [1.82, 2.24) is 0 Å². The quantitative estimate of drug-likeness (QED) is 0.470. The Kier molecular flexibility index (Phi) is 3.58. The van der Waals surface area contributed by atoms with Crippen molar-refractivity contribution >= 4 is 27.6 Å². The van der Waals surface area contributed by atoms with Gasteiger partial charge in [0.15, 0.2) is 0 Å². The third-order valence-electron chi connectivity index (χ3n) is 1.81. The minimum absolute atomic E-state index is 0.0738. The summed E-state index contributed by atoms with van der Waals surface area (Å²) in [6.07, 6.45) is 0. The Morgan fingerprint density at radius 2 is 2.25 bits per heavy atom. The van der Waals surface area contributed by atoms with Gasteiger partial charge in [0.1, 0.15) is 11.6 Å². The average molecular weight is 285 g/mol. The van der Waals surface area contributed by atoms with Gasteiger partial charge in [0.2, 0.25) is 0 Å². The molecule has 0 N–H and O–H groups in total.